The first kappa shape index (κ1) is 20.1. The van der Waals surface area contributed by atoms with Crippen LogP contribution in [0.3, 0.4) is 0 Å². The van der Waals surface area contributed by atoms with Crippen LogP contribution in [0.25, 0.3) is 0 Å². The summed E-state index contributed by atoms with van der Waals surface area (Å²) in [4.78, 5) is 0. The number of halogens is 1. The van der Waals surface area contributed by atoms with Gasteiger partial charge < -0.3 is 10.5 Å². The van der Waals surface area contributed by atoms with E-state index >= 15 is 0 Å². The van der Waals surface area contributed by atoms with Crippen LogP contribution in [-0.4, -0.2) is 62.5 Å². The number of rotatable bonds is 6. The lowest BCUT2D eigenvalue weighted by atomic mass is 10.1. The van der Waals surface area contributed by atoms with Gasteiger partial charge in [-0.2, -0.15) is 17.0 Å². The summed E-state index contributed by atoms with van der Waals surface area (Å²) in [7, 11) is -3.27. The van der Waals surface area contributed by atoms with Gasteiger partial charge in [0, 0.05) is 32.8 Å². The van der Waals surface area contributed by atoms with E-state index in [0.717, 1.165) is 44.9 Å². The standard InChI is InChI=1S/C14H29N3O3S.ClH/c15-8-5-13-20-14-6-11-17(12-7-14)21(18,19)16-9-3-1-2-4-10-16;/h14H,1-13,15H2;1H. The van der Waals surface area contributed by atoms with Gasteiger partial charge in [-0.25, -0.2) is 0 Å². The first-order chi connectivity index (χ1) is 10.1. The number of nitrogens with two attached hydrogens (primary N) is 1. The molecule has 0 saturated carbocycles. The fourth-order valence-electron chi connectivity index (χ4n) is 3.00. The highest BCUT2D eigenvalue weighted by Crippen LogP contribution is 2.21. The molecule has 2 N–H and O–H groups in total. The Hall–Kier alpha value is 0.0800. The van der Waals surface area contributed by atoms with Gasteiger partial charge in [-0.15, -0.1) is 12.4 Å². The normalized spacial score (nSPS) is 23.0. The van der Waals surface area contributed by atoms with Crippen molar-refractivity contribution in [1.29, 1.82) is 0 Å². The van der Waals surface area contributed by atoms with Gasteiger partial charge in [-0.1, -0.05) is 12.8 Å². The molecule has 2 aliphatic rings. The van der Waals surface area contributed by atoms with Crippen LogP contribution in [0.1, 0.15) is 44.9 Å². The molecule has 0 bridgehead atoms. The molecule has 2 heterocycles. The quantitative estimate of drug-likeness (QED) is 0.730. The highest BCUT2D eigenvalue weighted by Gasteiger charge is 2.33. The summed E-state index contributed by atoms with van der Waals surface area (Å²) in [5.41, 5.74) is 5.45. The number of hydrogen-bond acceptors (Lipinski definition) is 4. The summed E-state index contributed by atoms with van der Waals surface area (Å²) >= 11 is 0. The molecule has 2 rings (SSSR count). The molecule has 0 atom stereocenters. The number of hydrogen-bond donors (Lipinski definition) is 1. The molecule has 0 amide bonds. The monoisotopic (exact) mass is 355 g/mol. The highest BCUT2D eigenvalue weighted by molar-refractivity contribution is 7.86. The number of ether oxygens (including phenoxy) is 1. The van der Waals surface area contributed by atoms with E-state index in [2.05, 4.69) is 0 Å². The Balaban J connectivity index is 0.00000242. The molecule has 0 aromatic carbocycles. The molecular formula is C14H30ClN3O3S. The summed E-state index contributed by atoms with van der Waals surface area (Å²) in [6, 6.07) is 0. The predicted molar refractivity (Wildman–Crippen MR) is 90.4 cm³/mol. The molecule has 2 saturated heterocycles. The van der Waals surface area contributed by atoms with Crippen molar-refractivity contribution in [2.24, 2.45) is 5.73 Å². The molecule has 8 heteroatoms. The summed E-state index contributed by atoms with van der Waals surface area (Å²) in [6.07, 6.45) is 6.89. The second-order valence-corrected chi connectivity index (χ2v) is 7.86. The molecule has 0 aromatic rings. The van der Waals surface area contributed by atoms with Crippen molar-refractivity contribution in [3.8, 4) is 0 Å². The topological polar surface area (TPSA) is 75.9 Å². The van der Waals surface area contributed by atoms with Gasteiger partial charge in [-0.05, 0) is 38.6 Å². The molecule has 2 fully saturated rings. The average molecular weight is 356 g/mol. The second kappa shape index (κ2) is 10.1. The van der Waals surface area contributed by atoms with Crippen molar-refractivity contribution in [1.82, 2.24) is 8.61 Å². The van der Waals surface area contributed by atoms with Gasteiger partial charge in [0.1, 0.15) is 0 Å². The molecule has 0 spiro atoms. The minimum atomic E-state index is -3.27. The molecule has 0 radical (unpaired) electrons. The van der Waals surface area contributed by atoms with Crippen LogP contribution in [0.4, 0.5) is 0 Å². The first-order valence-corrected chi connectivity index (χ1v) is 9.61. The van der Waals surface area contributed by atoms with E-state index in [1.807, 2.05) is 0 Å². The molecule has 132 valence electrons. The van der Waals surface area contributed by atoms with Crippen molar-refractivity contribution < 1.29 is 13.2 Å². The molecule has 0 aliphatic carbocycles. The van der Waals surface area contributed by atoms with Gasteiger partial charge in [0.25, 0.3) is 10.2 Å². The maximum absolute atomic E-state index is 12.7. The molecule has 2 aliphatic heterocycles. The van der Waals surface area contributed by atoms with Crippen LogP contribution in [0, 0.1) is 0 Å². The van der Waals surface area contributed by atoms with Crippen molar-refractivity contribution in [3.05, 3.63) is 0 Å². The van der Waals surface area contributed by atoms with Gasteiger partial charge >= 0.3 is 0 Å². The minimum absolute atomic E-state index is 0. The zero-order valence-electron chi connectivity index (χ0n) is 13.3. The second-order valence-electron chi connectivity index (χ2n) is 5.93. The Labute approximate surface area is 140 Å². The van der Waals surface area contributed by atoms with Gasteiger partial charge in [0.05, 0.1) is 6.10 Å². The zero-order chi connectivity index (χ0) is 15.1. The molecular weight excluding hydrogens is 326 g/mol. The van der Waals surface area contributed by atoms with Crippen LogP contribution in [0.15, 0.2) is 0 Å². The number of piperidine rings is 1. The van der Waals surface area contributed by atoms with Crippen LogP contribution in [0.5, 0.6) is 0 Å². The van der Waals surface area contributed by atoms with E-state index in [-0.39, 0.29) is 18.5 Å². The third-order valence-corrected chi connectivity index (χ3v) is 6.36. The summed E-state index contributed by atoms with van der Waals surface area (Å²) < 4.78 is 34.4. The van der Waals surface area contributed by atoms with E-state index in [0.29, 0.717) is 39.3 Å². The Morgan fingerprint density at radius 2 is 1.50 bits per heavy atom. The van der Waals surface area contributed by atoms with Crippen molar-refractivity contribution in [2.75, 3.05) is 39.3 Å². The maximum atomic E-state index is 12.7. The summed E-state index contributed by atoms with van der Waals surface area (Å²) in [6.45, 7) is 3.82. The van der Waals surface area contributed by atoms with E-state index in [9.17, 15) is 8.42 Å². The van der Waals surface area contributed by atoms with Crippen LogP contribution < -0.4 is 5.73 Å². The lowest BCUT2D eigenvalue weighted by molar-refractivity contribution is 0.0201. The number of nitrogens with zero attached hydrogens (tertiary/aromatic N) is 2. The lowest BCUT2D eigenvalue weighted by Crippen LogP contribution is -2.48. The smallest absolute Gasteiger partial charge is 0.281 e. The molecule has 22 heavy (non-hydrogen) atoms. The van der Waals surface area contributed by atoms with Crippen LogP contribution >= 0.6 is 12.4 Å². The first-order valence-electron chi connectivity index (χ1n) is 8.21. The average Bonchev–Trinajstić information content (AvgIpc) is 2.78. The van der Waals surface area contributed by atoms with E-state index in [4.69, 9.17) is 10.5 Å². The van der Waals surface area contributed by atoms with Crippen LogP contribution in [0.2, 0.25) is 0 Å². The molecule has 0 aromatic heterocycles. The summed E-state index contributed by atoms with van der Waals surface area (Å²) in [5, 5.41) is 0. The summed E-state index contributed by atoms with van der Waals surface area (Å²) in [5.74, 6) is 0. The predicted octanol–water partition coefficient (Wildman–Crippen LogP) is 1.36. The van der Waals surface area contributed by atoms with E-state index in [1.165, 1.54) is 0 Å². The minimum Gasteiger partial charge on any atom is -0.378 e. The fourth-order valence-corrected chi connectivity index (χ4v) is 4.72. The van der Waals surface area contributed by atoms with Gasteiger partial charge in [0.15, 0.2) is 0 Å². The SMILES string of the molecule is Cl.NCCCOC1CCN(S(=O)(=O)N2CCCCCC2)CC1. The maximum Gasteiger partial charge on any atom is 0.281 e. The third-order valence-electron chi connectivity index (χ3n) is 4.32. The largest absolute Gasteiger partial charge is 0.378 e. The Bertz CT molecular complexity index is 392. The fraction of sp³-hybridized carbons (Fsp3) is 1.00. The van der Waals surface area contributed by atoms with Crippen molar-refractivity contribution >= 4 is 22.6 Å². The zero-order valence-corrected chi connectivity index (χ0v) is 14.9. The van der Waals surface area contributed by atoms with Crippen LogP contribution in [-0.2, 0) is 14.9 Å². The Morgan fingerprint density at radius 3 is 2.05 bits per heavy atom. The lowest BCUT2D eigenvalue weighted by Gasteiger charge is -2.34. The Morgan fingerprint density at radius 1 is 0.955 bits per heavy atom. The van der Waals surface area contributed by atoms with Gasteiger partial charge in [-0.3, -0.25) is 0 Å². The van der Waals surface area contributed by atoms with Gasteiger partial charge in [0.2, 0.25) is 0 Å². The highest BCUT2D eigenvalue weighted by atomic mass is 35.5. The van der Waals surface area contributed by atoms with Crippen molar-refractivity contribution in [3.63, 3.8) is 0 Å². The van der Waals surface area contributed by atoms with E-state index < -0.39 is 10.2 Å². The Kier molecular flexibility index (Phi) is 9.19. The third kappa shape index (κ3) is 5.62. The van der Waals surface area contributed by atoms with Crippen molar-refractivity contribution in [2.45, 2.75) is 51.0 Å². The molecule has 6 nitrogen and oxygen atoms in total. The molecule has 0 unspecified atom stereocenters. The van der Waals surface area contributed by atoms with E-state index in [1.54, 1.807) is 8.61 Å².